The van der Waals surface area contributed by atoms with Crippen molar-refractivity contribution in [1.82, 2.24) is 5.32 Å². The van der Waals surface area contributed by atoms with E-state index in [1.165, 1.54) is 0 Å². The predicted molar refractivity (Wildman–Crippen MR) is 40.4 cm³/mol. The van der Waals surface area contributed by atoms with Crippen LogP contribution in [0.4, 0.5) is 26.3 Å². The summed E-state index contributed by atoms with van der Waals surface area (Å²) in [6, 6.07) is 0. The summed E-state index contributed by atoms with van der Waals surface area (Å²) in [5.41, 5.74) is 0. The smallest absolute Gasteiger partial charge is 0.360 e. The summed E-state index contributed by atoms with van der Waals surface area (Å²) in [7, 11) is 0. The van der Waals surface area contributed by atoms with Gasteiger partial charge in [0, 0.05) is 6.54 Å². The Morgan fingerprint density at radius 3 is 1.87 bits per heavy atom. The van der Waals surface area contributed by atoms with Crippen molar-refractivity contribution < 1.29 is 31.1 Å². The van der Waals surface area contributed by atoms with E-state index in [4.69, 9.17) is 0 Å². The third kappa shape index (κ3) is 5.83. The van der Waals surface area contributed by atoms with Crippen LogP contribution in [0.1, 0.15) is 6.92 Å². The second-order valence-corrected chi connectivity index (χ2v) is 2.69. The summed E-state index contributed by atoms with van der Waals surface area (Å²) >= 11 is 0. The van der Waals surface area contributed by atoms with E-state index in [1.807, 2.05) is 0 Å². The highest BCUT2D eigenvalue weighted by Crippen LogP contribution is 2.35. The van der Waals surface area contributed by atoms with Crippen molar-refractivity contribution >= 4 is 0 Å². The van der Waals surface area contributed by atoms with Crippen molar-refractivity contribution in [3.63, 3.8) is 0 Å². The molecule has 15 heavy (non-hydrogen) atoms. The molecule has 0 saturated carbocycles. The van der Waals surface area contributed by atoms with Crippen molar-refractivity contribution in [2.24, 2.45) is 0 Å². The van der Waals surface area contributed by atoms with Gasteiger partial charge in [-0.3, -0.25) is 0 Å². The molecular weight excluding hydrogens is 228 g/mol. The molecule has 0 atom stereocenters. The maximum atomic E-state index is 11.9. The molecule has 0 heterocycles. The highest BCUT2D eigenvalue weighted by Gasteiger charge is 2.57. The van der Waals surface area contributed by atoms with Crippen LogP contribution in [0.5, 0.6) is 0 Å². The summed E-state index contributed by atoms with van der Waals surface area (Å²) in [5, 5.41) is 2.55. The van der Waals surface area contributed by atoms with Gasteiger partial charge in [-0.1, -0.05) is 6.92 Å². The lowest BCUT2D eigenvalue weighted by Crippen LogP contribution is -2.45. The molecule has 92 valence electrons. The van der Waals surface area contributed by atoms with E-state index in [1.54, 1.807) is 6.92 Å². The predicted octanol–water partition coefficient (Wildman–Crippen LogP) is 2.11. The topological polar surface area (TPSA) is 21.3 Å². The van der Waals surface area contributed by atoms with Gasteiger partial charge < -0.3 is 10.1 Å². The first kappa shape index (κ1) is 14.5. The van der Waals surface area contributed by atoms with E-state index >= 15 is 0 Å². The van der Waals surface area contributed by atoms with Crippen LogP contribution < -0.4 is 5.32 Å². The molecular formula is C7H11F6NO. The first-order valence-corrected chi connectivity index (χ1v) is 4.15. The lowest BCUT2D eigenvalue weighted by molar-refractivity contribution is -0.321. The lowest BCUT2D eigenvalue weighted by atomic mass is 10.3. The Bertz CT molecular complexity index is 163. The molecule has 0 rings (SSSR count). The van der Waals surface area contributed by atoms with Crippen LogP contribution in [-0.2, 0) is 4.74 Å². The van der Waals surface area contributed by atoms with Crippen LogP contribution in [0.25, 0.3) is 0 Å². The van der Waals surface area contributed by atoms with Crippen LogP contribution in [0.15, 0.2) is 0 Å². The van der Waals surface area contributed by atoms with E-state index in [0.717, 1.165) is 0 Å². The molecule has 0 aromatic rings. The molecule has 0 unspecified atom stereocenters. The quantitative estimate of drug-likeness (QED) is 0.586. The van der Waals surface area contributed by atoms with Crippen LogP contribution in [0.3, 0.4) is 0 Å². The van der Waals surface area contributed by atoms with Gasteiger partial charge in [-0.2, -0.15) is 26.3 Å². The molecule has 0 aliphatic heterocycles. The highest BCUT2D eigenvalue weighted by atomic mass is 19.4. The third-order valence-corrected chi connectivity index (χ3v) is 1.41. The Labute approximate surface area is 82.6 Å². The first-order valence-electron chi connectivity index (χ1n) is 4.15. The van der Waals surface area contributed by atoms with E-state index in [9.17, 15) is 26.3 Å². The zero-order valence-electron chi connectivity index (χ0n) is 7.87. The van der Waals surface area contributed by atoms with Crippen LogP contribution in [0.2, 0.25) is 0 Å². The number of ether oxygens (including phenoxy) is 1. The highest BCUT2D eigenvalue weighted by molar-refractivity contribution is 4.75. The fraction of sp³-hybridized carbons (Fsp3) is 1.00. The number of nitrogens with one attached hydrogen (secondary N) is 1. The van der Waals surface area contributed by atoms with Gasteiger partial charge in [0.1, 0.15) is 0 Å². The Kier molecular flexibility index (Phi) is 5.36. The largest absolute Gasteiger partial charge is 0.423 e. The number of hydrogen-bond donors (Lipinski definition) is 1. The number of hydrogen-bond acceptors (Lipinski definition) is 2. The maximum Gasteiger partial charge on any atom is 0.423 e. The number of alkyl halides is 6. The second kappa shape index (κ2) is 5.55. The van der Waals surface area contributed by atoms with Gasteiger partial charge in [-0.25, -0.2) is 0 Å². The molecule has 0 radical (unpaired) electrons. The van der Waals surface area contributed by atoms with E-state index in [2.05, 4.69) is 10.1 Å². The van der Waals surface area contributed by atoms with Crippen molar-refractivity contribution in [2.45, 2.75) is 25.4 Å². The molecule has 0 spiro atoms. The maximum absolute atomic E-state index is 11.9. The molecule has 0 saturated heterocycles. The molecule has 0 amide bonds. The fourth-order valence-electron chi connectivity index (χ4n) is 0.800. The molecule has 1 N–H and O–H groups in total. The number of likely N-dealkylation sites (N-methyl/N-ethyl adjacent to an activating group) is 1. The molecule has 8 heteroatoms. The summed E-state index contributed by atoms with van der Waals surface area (Å²) in [6.07, 6.45) is -14.6. The normalized spacial score (nSPS) is 13.6. The first-order chi connectivity index (χ1) is 6.69. The average molecular weight is 239 g/mol. The van der Waals surface area contributed by atoms with Gasteiger partial charge in [0.2, 0.25) is 6.10 Å². The van der Waals surface area contributed by atoms with Crippen molar-refractivity contribution in [3.8, 4) is 0 Å². The Balaban J connectivity index is 4.17. The number of halogens is 6. The van der Waals surface area contributed by atoms with E-state index < -0.39 is 25.1 Å². The summed E-state index contributed by atoms with van der Waals surface area (Å²) in [4.78, 5) is 0. The van der Waals surface area contributed by atoms with Gasteiger partial charge >= 0.3 is 12.4 Å². The lowest BCUT2D eigenvalue weighted by Gasteiger charge is -2.23. The third-order valence-electron chi connectivity index (χ3n) is 1.41. The average Bonchev–Trinajstić information content (AvgIpc) is 1.99. The fourth-order valence-corrected chi connectivity index (χ4v) is 0.800. The SMILES string of the molecule is CCNCCOC(C(F)(F)F)C(F)(F)F. The van der Waals surface area contributed by atoms with Crippen molar-refractivity contribution in [3.05, 3.63) is 0 Å². The summed E-state index contributed by atoms with van der Waals surface area (Å²) in [6.45, 7) is 1.42. The van der Waals surface area contributed by atoms with Crippen LogP contribution in [-0.4, -0.2) is 38.2 Å². The zero-order valence-corrected chi connectivity index (χ0v) is 7.87. The molecule has 0 aliphatic rings. The van der Waals surface area contributed by atoms with E-state index in [-0.39, 0.29) is 6.54 Å². The van der Waals surface area contributed by atoms with Gasteiger partial charge in [0.05, 0.1) is 6.61 Å². The molecule has 0 bridgehead atoms. The van der Waals surface area contributed by atoms with Gasteiger partial charge in [0.15, 0.2) is 0 Å². The monoisotopic (exact) mass is 239 g/mol. The zero-order chi connectivity index (χ0) is 12.1. The minimum atomic E-state index is -5.43. The Morgan fingerprint density at radius 2 is 1.53 bits per heavy atom. The molecule has 0 fully saturated rings. The Morgan fingerprint density at radius 1 is 1.07 bits per heavy atom. The van der Waals surface area contributed by atoms with Crippen molar-refractivity contribution in [2.75, 3.05) is 19.7 Å². The molecule has 0 aromatic carbocycles. The molecule has 0 aliphatic carbocycles. The molecule has 2 nitrogen and oxygen atoms in total. The van der Waals surface area contributed by atoms with Crippen LogP contribution >= 0.6 is 0 Å². The Hall–Kier alpha value is -0.500. The minimum Gasteiger partial charge on any atom is -0.360 e. The standard InChI is InChI=1S/C7H11F6NO/c1-2-14-3-4-15-5(6(8,9)10)7(11,12)13/h5,14H,2-4H2,1H3. The van der Waals surface area contributed by atoms with Gasteiger partial charge in [-0.05, 0) is 6.54 Å². The van der Waals surface area contributed by atoms with Gasteiger partial charge in [-0.15, -0.1) is 0 Å². The minimum absolute atomic E-state index is 0.0564. The molecule has 0 aromatic heterocycles. The number of rotatable bonds is 5. The van der Waals surface area contributed by atoms with Crippen LogP contribution in [0, 0.1) is 0 Å². The van der Waals surface area contributed by atoms with Crippen molar-refractivity contribution in [1.29, 1.82) is 0 Å². The van der Waals surface area contributed by atoms with E-state index in [0.29, 0.717) is 6.54 Å². The second-order valence-electron chi connectivity index (χ2n) is 2.69. The summed E-state index contributed by atoms with van der Waals surface area (Å²) < 4.78 is 74.9. The van der Waals surface area contributed by atoms with Gasteiger partial charge in [0.25, 0.3) is 0 Å². The summed E-state index contributed by atoms with van der Waals surface area (Å²) in [5.74, 6) is 0.